The summed E-state index contributed by atoms with van der Waals surface area (Å²) in [6, 6.07) is 18.7. The van der Waals surface area contributed by atoms with Crippen molar-refractivity contribution in [2.75, 3.05) is 26.2 Å². The van der Waals surface area contributed by atoms with E-state index >= 15 is 0 Å². The number of piperidine rings is 1. The first-order valence-electron chi connectivity index (χ1n) is 11.9. The molecule has 0 aliphatic carbocycles. The number of hydrogen-bond acceptors (Lipinski definition) is 5. The third kappa shape index (κ3) is 5.19. The molecule has 1 saturated heterocycles. The topological polar surface area (TPSA) is 46.6 Å². The molecular formula is C29H26FNO3S. The predicted molar refractivity (Wildman–Crippen MR) is 138 cm³/mol. The number of nitrogens with zero attached hydrogens (tertiary/aromatic N) is 1. The van der Waals surface area contributed by atoms with Crippen LogP contribution in [0.5, 0.6) is 5.75 Å². The lowest BCUT2D eigenvalue weighted by molar-refractivity contribution is 0.104. The van der Waals surface area contributed by atoms with Crippen molar-refractivity contribution < 1.29 is 18.7 Å². The van der Waals surface area contributed by atoms with E-state index in [4.69, 9.17) is 4.74 Å². The zero-order valence-electron chi connectivity index (χ0n) is 19.3. The monoisotopic (exact) mass is 487 g/mol. The number of hydrogen-bond donors (Lipinski definition) is 0. The van der Waals surface area contributed by atoms with Crippen LogP contribution in [0.3, 0.4) is 0 Å². The van der Waals surface area contributed by atoms with Gasteiger partial charge in [-0.05, 0) is 74.0 Å². The Hall–Kier alpha value is -3.35. The lowest BCUT2D eigenvalue weighted by Gasteiger charge is -2.26. The molecule has 1 aliphatic rings. The number of likely N-dealkylation sites (tertiary alicyclic amines) is 1. The number of ketones is 1. The number of fused-ring (bicyclic) bond motifs is 1. The van der Waals surface area contributed by atoms with Crippen LogP contribution in [-0.4, -0.2) is 43.2 Å². The third-order valence-electron chi connectivity index (χ3n) is 6.43. The number of rotatable bonds is 8. The van der Waals surface area contributed by atoms with Gasteiger partial charge in [-0.1, -0.05) is 30.7 Å². The predicted octanol–water partition coefficient (Wildman–Crippen LogP) is 6.62. The molecule has 5 rings (SSSR count). The highest BCUT2D eigenvalue weighted by molar-refractivity contribution is 7.22. The van der Waals surface area contributed by atoms with E-state index in [9.17, 15) is 14.0 Å². The van der Waals surface area contributed by atoms with Crippen LogP contribution in [0.15, 0.2) is 66.7 Å². The first-order valence-corrected chi connectivity index (χ1v) is 12.7. The van der Waals surface area contributed by atoms with Gasteiger partial charge in [0.1, 0.15) is 24.5 Å². The molecule has 0 amide bonds. The summed E-state index contributed by atoms with van der Waals surface area (Å²) in [7, 11) is 0. The number of halogens is 1. The number of carbonyl (C=O) groups is 2. The van der Waals surface area contributed by atoms with Crippen molar-refractivity contribution in [1.82, 2.24) is 4.90 Å². The fourth-order valence-corrected chi connectivity index (χ4v) is 5.79. The molecule has 178 valence electrons. The Morgan fingerprint density at radius 1 is 0.971 bits per heavy atom. The van der Waals surface area contributed by atoms with Crippen LogP contribution in [0.2, 0.25) is 0 Å². The Bertz CT molecular complexity index is 1340. The number of thiophene rings is 1. The SMILES string of the molecule is O=Cc1ccc2c(C(=O)c3ccc(OCCN4CCCCC4)cc3)c(-c3ccc(F)cc3)sc2c1. The second-order valence-corrected chi connectivity index (χ2v) is 9.84. The van der Waals surface area contributed by atoms with Gasteiger partial charge in [0.25, 0.3) is 0 Å². The van der Waals surface area contributed by atoms with Gasteiger partial charge in [0, 0.05) is 38.2 Å². The Kier molecular flexibility index (Phi) is 7.02. The number of benzene rings is 3. The Balaban J connectivity index is 1.40. The first kappa shape index (κ1) is 23.4. The molecule has 4 nitrogen and oxygen atoms in total. The number of ether oxygens (including phenoxy) is 1. The van der Waals surface area contributed by atoms with Gasteiger partial charge in [-0.2, -0.15) is 0 Å². The van der Waals surface area contributed by atoms with Crippen molar-refractivity contribution in [3.8, 4) is 16.2 Å². The maximum Gasteiger partial charge on any atom is 0.195 e. The quantitative estimate of drug-likeness (QED) is 0.207. The lowest BCUT2D eigenvalue weighted by Crippen LogP contribution is -2.33. The van der Waals surface area contributed by atoms with E-state index < -0.39 is 0 Å². The maximum absolute atomic E-state index is 13.7. The van der Waals surface area contributed by atoms with Crippen molar-refractivity contribution in [2.45, 2.75) is 19.3 Å². The first-order chi connectivity index (χ1) is 17.1. The molecule has 0 saturated carbocycles. The second-order valence-electron chi connectivity index (χ2n) is 8.79. The average molecular weight is 488 g/mol. The van der Waals surface area contributed by atoms with Crippen LogP contribution in [0, 0.1) is 5.82 Å². The lowest BCUT2D eigenvalue weighted by atomic mass is 9.97. The van der Waals surface area contributed by atoms with Gasteiger partial charge in [-0.15, -0.1) is 11.3 Å². The molecule has 4 aromatic rings. The third-order valence-corrected chi connectivity index (χ3v) is 7.63. The summed E-state index contributed by atoms with van der Waals surface area (Å²) in [5.74, 6) is 0.291. The molecule has 35 heavy (non-hydrogen) atoms. The largest absolute Gasteiger partial charge is 0.492 e. The molecule has 1 aromatic heterocycles. The van der Waals surface area contributed by atoms with Crippen molar-refractivity contribution in [1.29, 1.82) is 0 Å². The van der Waals surface area contributed by atoms with E-state index in [1.165, 1.54) is 42.7 Å². The summed E-state index contributed by atoms with van der Waals surface area (Å²) >= 11 is 1.43. The van der Waals surface area contributed by atoms with Gasteiger partial charge in [0.2, 0.25) is 0 Å². The van der Waals surface area contributed by atoms with E-state index in [0.717, 1.165) is 52.2 Å². The molecule has 0 atom stereocenters. The molecule has 6 heteroatoms. The van der Waals surface area contributed by atoms with Crippen LogP contribution < -0.4 is 4.74 Å². The van der Waals surface area contributed by atoms with Crippen molar-refractivity contribution in [3.05, 3.63) is 89.2 Å². The molecule has 2 heterocycles. The zero-order chi connectivity index (χ0) is 24.2. The second kappa shape index (κ2) is 10.5. The molecule has 1 aliphatic heterocycles. The van der Waals surface area contributed by atoms with Gasteiger partial charge in [-0.3, -0.25) is 14.5 Å². The van der Waals surface area contributed by atoms with Gasteiger partial charge >= 0.3 is 0 Å². The minimum absolute atomic E-state index is 0.116. The number of carbonyl (C=O) groups excluding carboxylic acids is 2. The summed E-state index contributed by atoms with van der Waals surface area (Å²) in [5, 5.41) is 0.784. The van der Waals surface area contributed by atoms with Crippen molar-refractivity contribution in [3.63, 3.8) is 0 Å². The Labute approximate surface area is 208 Å². The van der Waals surface area contributed by atoms with Gasteiger partial charge in [0.05, 0.1) is 0 Å². The van der Waals surface area contributed by atoms with Crippen molar-refractivity contribution >= 4 is 33.5 Å². The Morgan fingerprint density at radius 3 is 2.43 bits per heavy atom. The Morgan fingerprint density at radius 2 is 1.71 bits per heavy atom. The molecule has 0 N–H and O–H groups in total. The standard InChI is InChI=1S/C29H26FNO3S/c30-23-9-5-22(6-10-23)29-27(25-13-4-20(19-32)18-26(25)35-29)28(33)21-7-11-24(12-8-21)34-17-16-31-14-2-1-3-15-31/h4-13,18-19H,1-3,14-17H2. The van der Waals surface area contributed by atoms with Gasteiger partial charge in [0.15, 0.2) is 5.78 Å². The van der Waals surface area contributed by atoms with Crippen LogP contribution in [-0.2, 0) is 0 Å². The molecule has 1 fully saturated rings. The maximum atomic E-state index is 13.7. The van der Waals surface area contributed by atoms with E-state index in [0.29, 0.717) is 23.3 Å². The summed E-state index contributed by atoms with van der Waals surface area (Å²) < 4.78 is 20.3. The highest BCUT2D eigenvalue weighted by Crippen LogP contribution is 2.40. The van der Waals surface area contributed by atoms with Gasteiger partial charge in [-0.25, -0.2) is 4.39 Å². The summed E-state index contributed by atoms with van der Waals surface area (Å²) in [6.45, 7) is 3.80. The summed E-state index contributed by atoms with van der Waals surface area (Å²) in [6.07, 6.45) is 4.62. The van der Waals surface area contributed by atoms with Crippen LogP contribution in [0.4, 0.5) is 4.39 Å². The highest BCUT2D eigenvalue weighted by atomic mass is 32.1. The molecule has 3 aromatic carbocycles. The number of aldehydes is 1. The highest BCUT2D eigenvalue weighted by Gasteiger charge is 2.22. The van der Waals surface area contributed by atoms with E-state index in [1.807, 2.05) is 18.2 Å². The van der Waals surface area contributed by atoms with E-state index in [2.05, 4.69) is 4.90 Å². The zero-order valence-corrected chi connectivity index (χ0v) is 20.2. The van der Waals surface area contributed by atoms with Crippen LogP contribution in [0.1, 0.15) is 45.5 Å². The fraction of sp³-hybridized carbons (Fsp3) is 0.241. The van der Waals surface area contributed by atoms with E-state index in [-0.39, 0.29) is 11.6 Å². The fourth-order valence-electron chi connectivity index (χ4n) is 4.54. The minimum atomic E-state index is -0.332. The molecule has 0 radical (unpaired) electrons. The molecule has 0 bridgehead atoms. The van der Waals surface area contributed by atoms with Gasteiger partial charge < -0.3 is 4.74 Å². The van der Waals surface area contributed by atoms with Crippen molar-refractivity contribution in [2.24, 2.45) is 0 Å². The minimum Gasteiger partial charge on any atom is -0.492 e. The average Bonchev–Trinajstić information content (AvgIpc) is 3.28. The molecular weight excluding hydrogens is 461 g/mol. The molecule has 0 spiro atoms. The van der Waals surface area contributed by atoms with Crippen LogP contribution in [0.25, 0.3) is 20.5 Å². The normalized spacial score (nSPS) is 14.2. The molecule has 0 unspecified atom stereocenters. The summed E-state index contributed by atoms with van der Waals surface area (Å²) in [5.41, 5.74) is 2.43. The van der Waals surface area contributed by atoms with Crippen LogP contribution >= 0.6 is 11.3 Å². The van der Waals surface area contributed by atoms with E-state index in [1.54, 1.807) is 36.4 Å². The smallest absolute Gasteiger partial charge is 0.195 e. The summed E-state index contributed by atoms with van der Waals surface area (Å²) in [4.78, 5) is 28.2.